The lowest BCUT2D eigenvalue weighted by Gasteiger charge is -2.26. The first-order valence-electron chi connectivity index (χ1n) is 19.6. The van der Waals surface area contributed by atoms with Crippen LogP contribution in [0.25, 0.3) is 88.5 Å². The van der Waals surface area contributed by atoms with E-state index >= 15 is 0 Å². The lowest BCUT2D eigenvalue weighted by Crippen LogP contribution is -2.09. The van der Waals surface area contributed by atoms with Crippen LogP contribution in [0.3, 0.4) is 0 Å². The van der Waals surface area contributed by atoms with Gasteiger partial charge in [-0.25, -0.2) is 9.97 Å². The standard InChI is InChI=1S/C54H35N3O/c1-3-13-36(14-4-1)40-17-11-20-45(34-40)57(43-18-5-2-6-19-43)44-30-27-38(28-31-44)41-29-32-47-51(35-41)58-50-24-12-22-48(52(47)50)54-55-49-23-10-9-21-46(49)53(56-54)42-26-25-37-15-7-8-16-39(37)33-42/h1-35H. The number of benzene rings is 9. The van der Waals surface area contributed by atoms with Crippen LogP contribution in [0.5, 0.6) is 0 Å². The third-order valence-corrected chi connectivity index (χ3v) is 11.0. The van der Waals surface area contributed by atoms with Crippen molar-refractivity contribution in [2.75, 3.05) is 4.90 Å². The molecular formula is C54H35N3O. The fraction of sp³-hybridized carbons (Fsp3) is 0. The van der Waals surface area contributed by atoms with Crippen LogP contribution >= 0.6 is 0 Å². The van der Waals surface area contributed by atoms with Crippen molar-refractivity contribution in [1.82, 2.24) is 9.97 Å². The molecule has 0 amide bonds. The molecule has 0 spiro atoms. The molecule has 11 rings (SSSR count). The highest BCUT2D eigenvalue weighted by Gasteiger charge is 2.19. The van der Waals surface area contributed by atoms with Crippen molar-refractivity contribution in [1.29, 1.82) is 0 Å². The minimum Gasteiger partial charge on any atom is -0.456 e. The van der Waals surface area contributed by atoms with Crippen molar-refractivity contribution in [2.45, 2.75) is 0 Å². The number of hydrogen-bond donors (Lipinski definition) is 0. The van der Waals surface area contributed by atoms with Gasteiger partial charge in [-0.2, -0.15) is 0 Å². The number of anilines is 3. The number of hydrogen-bond acceptors (Lipinski definition) is 4. The number of fused-ring (bicyclic) bond motifs is 5. The minimum atomic E-state index is 0.673. The molecule has 2 heterocycles. The smallest absolute Gasteiger partial charge is 0.161 e. The van der Waals surface area contributed by atoms with Gasteiger partial charge in [-0.05, 0) is 99.8 Å². The van der Waals surface area contributed by atoms with Crippen molar-refractivity contribution in [3.05, 3.63) is 212 Å². The largest absolute Gasteiger partial charge is 0.456 e. The van der Waals surface area contributed by atoms with Gasteiger partial charge >= 0.3 is 0 Å². The van der Waals surface area contributed by atoms with Gasteiger partial charge in [-0.1, -0.05) is 146 Å². The maximum absolute atomic E-state index is 6.59. The van der Waals surface area contributed by atoms with E-state index in [2.05, 4.69) is 199 Å². The molecule has 11 aromatic rings. The van der Waals surface area contributed by atoms with Crippen molar-refractivity contribution in [2.24, 2.45) is 0 Å². The highest BCUT2D eigenvalue weighted by atomic mass is 16.3. The molecule has 0 aliphatic carbocycles. The molecule has 2 aromatic heterocycles. The summed E-state index contributed by atoms with van der Waals surface area (Å²) >= 11 is 0. The lowest BCUT2D eigenvalue weighted by atomic mass is 10.00. The fourth-order valence-corrected chi connectivity index (χ4v) is 8.23. The van der Waals surface area contributed by atoms with E-state index in [1.165, 1.54) is 21.9 Å². The van der Waals surface area contributed by atoms with Crippen LogP contribution in [0.4, 0.5) is 17.1 Å². The van der Waals surface area contributed by atoms with Gasteiger partial charge < -0.3 is 9.32 Å². The van der Waals surface area contributed by atoms with Crippen LogP contribution in [-0.2, 0) is 0 Å². The highest BCUT2D eigenvalue weighted by molar-refractivity contribution is 6.13. The molecule has 58 heavy (non-hydrogen) atoms. The van der Waals surface area contributed by atoms with E-state index in [1.54, 1.807) is 0 Å². The van der Waals surface area contributed by atoms with Gasteiger partial charge in [0, 0.05) is 44.3 Å². The molecule has 0 saturated heterocycles. The SMILES string of the molecule is c1ccc(-c2cccc(N(c3ccccc3)c3ccc(-c4ccc5c(c4)oc4cccc(-c6nc(-c7ccc8ccccc8c7)c7ccccc7n6)c45)cc3)c2)cc1. The van der Waals surface area contributed by atoms with Gasteiger partial charge in [-0.3, -0.25) is 0 Å². The summed E-state index contributed by atoms with van der Waals surface area (Å²) in [5, 5.41) is 5.45. The zero-order valence-corrected chi connectivity index (χ0v) is 31.5. The maximum Gasteiger partial charge on any atom is 0.161 e. The Morgan fingerprint density at radius 2 is 1.00 bits per heavy atom. The lowest BCUT2D eigenvalue weighted by molar-refractivity contribution is 0.669. The van der Waals surface area contributed by atoms with E-state index < -0.39 is 0 Å². The van der Waals surface area contributed by atoms with E-state index in [4.69, 9.17) is 14.4 Å². The fourth-order valence-electron chi connectivity index (χ4n) is 8.23. The van der Waals surface area contributed by atoms with E-state index in [9.17, 15) is 0 Å². The van der Waals surface area contributed by atoms with E-state index in [-0.39, 0.29) is 0 Å². The molecule has 0 radical (unpaired) electrons. The van der Waals surface area contributed by atoms with Gasteiger partial charge in [0.1, 0.15) is 11.2 Å². The topological polar surface area (TPSA) is 42.2 Å². The summed E-state index contributed by atoms with van der Waals surface area (Å²) in [7, 11) is 0. The third kappa shape index (κ3) is 5.96. The Morgan fingerprint density at radius 1 is 0.362 bits per heavy atom. The summed E-state index contributed by atoms with van der Waals surface area (Å²) in [4.78, 5) is 12.7. The van der Waals surface area contributed by atoms with Crippen LogP contribution in [0.1, 0.15) is 0 Å². The summed E-state index contributed by atoms with van der Waals surface area (Å²) in [6, 6.07) is 74.5. The molecule has 4 heteroatoms. The summed E-state index contributed by atoms with van der Waals surface area (Å²) in [5.41, 5.74) is 13.3. The molecule has 0 saturated carbocycles. The quantitative estimate of drug-likeness (QED) is 0.163. The van der Waals surface area contributed by atoms with Crippen LogP contribution in [0.15, 0.2) is 217 Å². The Labute approximate surface area is 335 Å². The molecule has 0 aliphatic heterocycles. The predicted molar refractivity (Wildman–Crippen MR) is 241 cm³/mol. The first kappa shape index (κ1) is 33.5. The zero-order chi connectivity index (χ0) is 38.4. The van der Waals surface area contributed by atoms with Crippen LogP contribution in [0, 0.1) is 0 Å². The summed E-state index contributed by atoms with van der Waals surface area (Å²) < 4.78 is 6.59. The number of rotatable bonds is 7. The molecular weight excluding hydrogens is 707 g/mol. The zero-order valence-electron chi connectivity index (χ0n) is 31.5. The molecule has 4 nitrogen and oxygen atoms in total. The van der Waals surface area contributed by atoms with Crippen LogP contribution in [-0.4, -0.2) is 9.97 Å². The first-order valence-corrected chi connectivity index (χ1v) is 19.6. The summed E-state index contributed by atoms with van der Waals surface area (Å²) in [6.45, 7) is 0. The first-order chi connectivity index (χ1) is 28.7. The Kier molecular flexibility index (Phi) is 8.11. The monoisotopic (exact) mass is 741 g/mol. The maximum atomic E-state index is 6.59. The van der Waals surface area contributed by atoms with E-state index in [0.717, 1.165) is 77.9 Å². The Morgan fingerprint density at radius 3 is 1.86 bits per heavy atom. The average Bonchev–Trinajstić information content (AvgIpc) is 3.68. The number of furan rings is 1. The van der Waals surface area contributed by atoms with Gasteiger partial charge in [-0.15, -0.1) is 0 Å². The van der Waals surface area contributed by atoms with Crippen LogP contribution < -0.4 is 4.90 Å². The minimum absolute atomic E-state index is 0.673. The molecule has 0 aliphatic rings. The normalized spacial score (nSPS) is 11.4. The average molecular weight is 742 g/mol. The molecule has 0 atom stereocenters. The Bertz CT molecular complexity index is 3280. The van der Waals surface area contributed by atoms with Crippen molar-refractivity contribution in [3.8, 4) is 44.9 Å². The molecule has 0 bridgehead atoms. The third-order valence-electron chi connectivity index (χ3n) is 11.0. The van der Waals surface area contributed by atoms with Gasteiger partial charge in [0.2, 0.25) is 0 Å². The molecule has 0 N–H and O–H groups in total. The molecule has 0 unspecified atom stereocenters. The molecule has 0 fully saturated rings. The van der Waals surface area contributed by atoms with Gasteiger partial charge in [0.25, 0.3) is 0 Å². The van der Waals surface area contributed by atoms with Crippen molar-refractivity contribution < 1.29 is 4.42 Å². The van der Waals surface area contributed by atoms with Crippen molar-refractivity contribution in [3.63, 3.8) is 0 Å². The predicted octanol–water partition coefficient (Wildman–Crippen LogP) is 14.8. The Balaban J connectivity index is 0.973. The summed E-state index contributed by atoms with van der Waals surface area (Å²) in [6.07, 6.45) is 0. The summed E-state index contributed by atoms with van der Waals surface area (Å²) in [5.74, 6) is 0.673. The second kappa shape index (κ2) is 14.0. The van der Waals surface area contributed by atoms with E-state index in [1.807, 2.05) is 18.2 Å². The molecule has 272 valence electrons. The Hall–Kier alpha value is -7.82. The second-order valence-electron chi connectivity index (χ2n) is 14.6. The van der Waals surface area contributed by atoms with Crippen molar-refractivity contribution >= 4 is 60.7 Å². The van der Waals surface area contributed by atoms with Crippen LogP contribution in [0.2, 0.25) is 0 Å². The number of nitrogens with zero attached hydrogens (tertiary/aromatic N) is 3. The van der Waals surface area contributed by atoms with E-state index in [0.29, 0.717) is 5.82 Å². The number of aromatic nitrogens is 2. The van der Waals surface area contributed by atoms with Gasteiger partial charge in [0.15, 0.2) is 5.82 Å². The second-order valence-corrected chi connectivity index (χ2v) is 14.6. The highest BCUT2D eigenvalue weighted by Crippen LogP contribution is 2.41. The molecule has 9 aromatic carbocycles. The van der Waals surface area contributed by atoms with Gasteiger partial charge in [0.05, 0.1) is 11.2 Å². The number of para-hydroxylation sites is 2.